The standard InChI is InChI=1S/C12H17BO/c1-12(2,3)10-5-4-9-6-7-13(14)11(9)8-10/h4-5,8,14H,6-7H2,1-3H3. The molecule has 14 heavy (non-hydrogen) atoms. The van der Waals surface area contributed by atoms with Gasteiger partial charge in [-0.15, -0.1) is 0 Å². The Labute approximate surface area is 86.3 Å². The molecule has 2 rings (SSSR count). The Morgan fingerprint density at radius 3 is 2.64 bits per heavy atom. The lowest BCUT2D eigenvalue weighted by molar-refractivity contribution is 0.584. The summed E-state index contributed by atoms with van der Waals surface area (Å²) in [4.78, 5) is 0. The van der Waals surface area contributed by atoms with Crippen LogP contribution >= 0.6 is 0 Å². The fourth-order valence-electron chi connectivity index (χ4n) is 2.05. The Hall–Kier alpha value is -0.755. The van der Waals surface area contributed by atoms with Gasteiger partial charge in [-0.2, -0.15) is 0 Å². The summed E-state index contributed by atoms with van der Waals surface area (Å²) >= 11 is 0. The van der Waals surface area contributed by atoms with E-state index in [0.717, 1.165) is 18.2 Å². The maximum absolute atomic E-state index is 9.77. The van der Waals surface area contributed by atoms with Crippen LogP contribution in [0.25, 0.3) is 0 Å². The molecule has 0 spiro atoms. The van der Waals surface area contributed by atoms with Crippen molar-refractivity contribution in [3.63, 3.8) is 0 Å². The highest BCUT2D eigenvalue weighted by Gasteiger charge is 2.26. The molecule has 1 aromatic carbocycles. The van der Waals surface area contributed by atoms with E-state index in [0.29, 0.717) is 0 Å². The minimum Gasteiger partial charge on any atom is -0.446 e. The van der Waals surface area contributed by atoms with E-state index >= 15 is 0 Å². The molecule has 74 valence electrons. The van der Waals surface area contributed by atoms with Gasteiger partial charge in [-0.1, -0.05) is 44.5 Å². The molecule has 0 fully saturated rings. The van der Waals surface area contributed by atoms with Crippen LogP contribution in [0.15, 0.2) is 18.2 Å². The van der Waals surface area contributed by atoms with Crippen LogP contribution in [0, 0.1) is 0 Å². The van der Waals surface area contributed by atoms with Crippen molar-refractivity contribution in [1.29, 1.82) is 0 Å². The van der Waals surface area contributed by atoms with Crippen molar-refractivity contribution in [3.8, 4) is 0 Å². The summed E-state index contributed by atoms with van der Waals surface area (Å²) in [5, 5.41) is 9.77. The number of aryl methyl sites for hydroxylation is 1. The molecule has 1 N–H and O–H groups in total. The van der Waals surface area contributed by atoms with Crippen molar-refractivity contribution in [3.05, 3.63) is 29.3 Å². The van der Waals surface area contributed by atoms with Crippen LogP contribution in [-0.4, -0.2) is 11.9 Å². The van der Waals surface area contributed by atoms with Crippen molar-refractivity contribution >= 4 is 12.4 Å². The second-order valence-electron chi connectivity index (χ2n) is 5.22. The van der Waals surface area contributed by atoms with Crippen LogP contribution in [0.3, 0.4) is 0 Å². The van der Waals surface area contributed by atoms with Crippen LogP contribution in [-0.2, 0) is 11.8 Å². The Bertz CT molecular complexity index is 352. The van der Waals surface area contributed by atoms with Crippen LogP contribution < -0.4 is 5.46 Å². The number of hydrogen-bond acceptors (Lipinski definition) is 1. The summed E-state index contributed by atoms with van der Waals surface area (Å²) in [7, 11) is 0. The first-order chi connectivity index (χ1) is 6.48. The molecule has 1 aliphatic heterocycles. The SMILES string of the molecule is CC(C)(C)c1ccc2c(c1)B(O)CC2. The highest BCUT2D eigenvalue weighted by atomic mass is 16.2. The zero-order chi connectivity index (χ0) is 10.3. The lowest BCUT2D eigenvalue weighted by Crippen LogP contribution is -2.27. The summed E-state index contributed by atoms with van der Waals surface area (Å²) < 4.78 is 0. The number of hydrogen-bond donors (Lipinski definition) is 1. The smallest absolute Gasteiger partial charge is 0.324 e. The lowest BCUT2D eigenvalue weighted by atomic mass is 9.62. The van der Waals surface area contributed by atoms with Gasteiger partial charge in [0, 0.05) is 0 Å². The van der Waals surface area contributed by atoms with E-state index in [9.17, 15) is 5.02 Å². The Kier molecular flexibility index (Phi) is 2.19. The maximum atomic E-state index is 9.77. The van der Waals surface area contributed by atoms with Crippen LogP contribution in [0.1, 0.15) is 31.9 Å². The second-order valence-corrected chi connectivity index (χ2v) is 5.22. The van der Waals surface area contributed by atoms with Crippen molar-refractivity contribution in [2.75, 3.05) is 0 Å². The predicted molar refractivity (Wildman–Crippen MR) is 61.3 cm³/mol. The first-order valence-corrected chi connectivity index (χ1v) is 5.30. The zero-order valence-corrected chi connectivity index (χ0v) is 9.17. The van der Waals surface area contributed by atoms with E-state index in [1.165, 1.54) is 11.1 Å². The first-order valence-electron chi connectivity index (χ1n) is 5.30. The fraction of sp³-hybridized carbons (Fsp3) is 0.500. The maximum Gasteiger partial charge on any atom is 0.324 e. The zero-order valence-electron chi connectivity index (χ0n) is 9.17. The molecule has 0 aromatic heterocycles. The molecule has 0 bridgehead atoms. The van der Waals surface area contributed by atoms with Gasteiger partial charge in [0.25, 0.3) is 0 Å². The third-order valence-electron chi connectivity index (χ3n) is 3.06. The van der Waals surface area contributed by atoms with Crippen LogP contribution in [0.2, 0.25) is 6.32 Å². The van der Waals surface area contributed by atoms with E-state index in [4.69, 9.17) is 0 Å². The Balaban J connectivity index is 2.45. The topological polar surface area (TPSA) is 20.2 Å². The number of fused-ring (bicyclic) bond motifs is 1. The van der Waals surface area contributed by atoms with Gasteiger partial charge in [0.05, 0.1) is 0 Å². The molecule has 1 nitrogen and oxygen atoms in total. The molecule has 0 aliphatic carbocycles. The van der Waals surface area contributed by atoms with E-state index in [1.54, 1.807) is 0 Å². The summed E-state index contributed by atoms with van der Waals surface area (Å²) in [6.07, 6.45) is 1.92. The van der Waals surface area contributed by atoms with Gasteiger partial charge in [-0.25, -0.2) is 0 Å². The molecule has 0 amide bonds. The van der Waals surface area contributed by atoms with Gasteiger partial charge in [0.1, 0.15) is 0 Å². The van der Waals surface area contributed by atoms with Crippen molar-refractivity contribution < 1.29 is 5.02 Å². The van der Waals surface area contributed by atoms with Crippen LogP contribution in [0.5, 0.6) is 0 Å². The molecule has 1 aromatic rings. The molecule has 0 saturated heterocycles. The van der Waals surface area contributed by atoms with Gasteiger partial charge in [-0.3, -0.25) is 0 Å². The van der Waals surface area contributed by atoms with Gasteiger partial charge >= 0.3 is 6.92 Å². The minimum absolute atomic E-state index is 0.178. The van der Waals surface area contributed by atoms with Gasteiger partial charge in [0.2, 0.25) is 0 Å². The third-order valence-corrected chi connectivity index (χ3v) is 3.06. The van der Waals surface area contributed by atoms with E-state index < -0.39 is 0 Å². The predicted octanol–water partition coefficient (Wildman–Crippen LogP) is 1.73. The van der Waals surface area contributed by atoms with Gasteiger partial charge in [0.15, 0.2) is 0 Å². The van der Waals surface area contributed by atoms with E-state index in [2.05, 4.69) is 39.0 Å². The van der Waals surface area contributed by atoms with Crippen molar-refractivity contribution in [2.24, 2.45) is 0 Å². The molecule has 1 heterocycles. The summed E-state index contributed by atoms with van der Waals surface area (Å²) in [6.45, 7) is 6.38. The molecule has 1 aliphatic rings. The average molecular weight is 188 g/mol. The molecule has 0 unspecified atom stereocenters. The van der Waals surface area contributed by atoms with E-state index in [-0.39, 0.29) is 12.3 Å². The summed E-state index contributed by atoms with van der Waals surface area (Å²) in [6, 6.07) is 6.54. The first kappa shape index (κ1) is 9.79. The minimum atomic E-state index is -0.229. The normalized spacial score (nSPS) is 15.9. The fourth-order valence-corrected chi connectivity index (χ4v) is 2.05. The van der Waals surface area contributed by atoms with Crippen molar-refractivity contribution in [2.45, 2.75) is 38.9 Å². The second kappa shape index (κ2) is 3.13. The van der Waals surface area contributed by atoms with Gasteiger partial charge < -0.3 is 5.02 Å². The average Bonchev–Trinajstić information content (AvgIpc) is 2.46. The number of rotatable bonds is 0. The Morgan fingerprint density at radius 2 is 2.00 bits per heavy atom. The molecule has 2 heteroatoms. The molecule has 0 atom stereocenters. The lowest BCUT2D eigenvalue weighted by Gasteiger charge is -2.20. The summed E-state index contributed by atoms with van der Waals surface area (Å²) in [5.41, 5.74) is 3.97. The quantitative estimate of drug-likeness (QED) is 0.614. The monoisotopic (exact) mass is 188 g/mol. The van der Waals surface area contributed by atoms with Gasteiger partial charge in [-0.05, 0) is 29.2 Å². The molecular weight excluding hydrogens is 171 g/mol. The highest BCUT2D eigenvalue weighted by molar-refractivity contribution is 6.68. The third kappa shape index (κ3) is 1.59. The summed E-state index contributed by atoms with van der Waals surface area (Å²) in [5.74, 6) is 0. The molecular formula is C12H17BO. The Morgan fingerprint density at radius 1 is 1.29 bits per heavy atom. The van der Waals surface area contributed by atoms with E-state index in [1.807, 2.05) is 0 Å². The van der Waals surface area contributed by atoms with Crippen LogP contribution in [0.4, 0.5) is 0 Å². The molecule has 0 saturated carbocycles. The highest BCUT2D eigenvalue weighted by Crippen LogP contribution is 2.23. The molecule has 0 radical (unpaired) electrons. The number of benzene rings is 1. The largest absolute Gasteiger partial charge is 0.446 e. The van der Waals surface area contributed by atoms with Crippen molar-refractivity contribution in [1.82, 2.24) is 0 Å².